The maximum absolute atomic E-state index is 5.66. The van der Waals surface area contributed by atoms with E-state index in [1.165, 1.54) is 16.6 Å². The number of benzene rings is 1. The molecule has 1 fully saturated rings. The van der Waals surface area contributed by atoms with Crippen molar-refractivity contribution in [1.29, 1.82) is 0 Å². The molecule has 6 nitrogen and oxygen atoms in total. The molecule has 25 heavy (non-hydrogen) atoms. The fourth-order valence-electron chi connectivity index (χ4n) is 3.34. The van der Waals surface area contributed by atoms with Crippen LogP contribution in [0.1, 0.15) is 0 Å². The van der Waals surface area contributed by atoms with E-state index in [1.807, 2.05) is 24.4 Å². The minimum Gasteiger partial charge on any atom is -0.424 e. The molecule has 7 heteroatoms. The van der Waals surface area contributed by atoms with Crippen LogP contribution in [-0.2, 0) is 0 Å². The van der Waals surface area contributed by atoms with E-state index < -0.39 is 0 Å². The fraction of sp³-hybridized carbons (Fsp3) is 0.222. The predicted octanol–water partition coefficient (Wildman–Crippen LogP) is 3.10. The molecule has 4 aromatic rings. The van der Waals surface area contributed by atoms with Gasteiger partial charge in [-0.15, -0.1) is 11.3 Å². The van der Waals surface area contributed by atoms with E-state index in [-0.39, 0.29) is 6.01 Å². The van der Waals surface area contributed by atoms with Gasteiger partial charge in [-0.1, -0.05) is 6.07 Å². The number of oxazole rings is 1. The van der Waals surface area contributed by atoms with Crippen molar-refractivity contribution in [3.8, 4) is 11.1 Å². The van der Waals surface area contributed by atoms with E-state index in [1.54, 1.807) is 11.3 Å². The molecule has 3 N–H and O–H groups in total. The van der Waals surface area contributed by atoms with E-state index >= 15 is 0 Å². The smallest absolute Gasteiger partial charge is 0.292 e. The molecule has 1 aliphatic heterocycles. The third kappa shape index (κ3) is 2.52. The largest absolute Gasteiger partial charge is 0.424 e. The standard InChI is InChI=1S/C18H17N5OS/c19-18-22-15-7-11(1-2-16(15)24-18)14-10-25-17-13(14)8-12(9-21-17)23-5-3-20-4-6-23/h1-2,7-10,20H,3-6H2,(H2,19,22). The second-order valence-corrected chi connectivity index (χ2v) is 7.03. The van der Waals surface area contributed by atoms with Gasteiger partial charge in [0, 0.05) is 42.5 Å². The number of nitrogens with one attached hydrogen (secondary N) is 1. The number of hydrogen-bond acceptors (Lipinski definition) is 7. The Balaban J connectivity index is 1.61. The number of pyridine rings is 1. The molecule has 0 spiro atoms. The van der Waals surface area contributed by atoms with Gasteiger partial charge in [-0.3, -0.25) is 0 Å². The molecule has 3 aromatic heterocycles. The highest BCUT2D eigenvalue weighted by molar-refractivity contribution is 7.17. The first-order chi connectivity index (χ1) is 12.3. The third-order valence-electron chi connectivity index (χ3n) is 4.61. The Morgan fingerprint density at radius 2 is 2.08 bits per heavy atom. The topological polar surface area (TPSA) is 80.2 Å². The highest BCUT2D eigenvalue weighted by Gasteiger charge is 2.15. The maximum atomic E-state index is 5.66. The molecule has 1 saturated heterocycles. The molecule has 0 aliphatic carbocycles. The molecule has 4 heterocycles. The van der Waals surface area contributed by atoms with Gasteiger partial charge in [-0.25, -0.2) is 4.98 Å². The molecule has 126 valence electrons. The van der Waals surface area contributed by atoms with Crippen LogP contribution in [0.15, 0.2) is 40.3 Å². The van der Waals surface area contributed by atoms with Gasteiger partial charge in [0.1, 0.15) is 10.3 Å². The van der Waals surface area contributed by atoms with Gasteiger partial charge in [0.15, 0.2) is 5.58 Å². The number of nitrogens with zero attached hydrogens (tertiary/aromatic N) is 3. The van der Waals surface area contributed by atoms with Crippen LogP contribution in [0.3, 0.4) is 0 Å². The van der Waals surface area contributed by atoms with E-state index in [0.717, 1.165) is 42.1 Å². The lowest BCUT2D eigenvalue weighted by Crippen LogP contribution is -2.43. The van der Waals surface area contributed by atoms with Crippen LogP contribution in [-0.4, -0.2) is 36.1 Å². The number of aromatic nitrogens is 2. The molecule has 5 rings (SSSR count). The van der Waals surface area contributed by atoms with Crippen molar-refractivity contribution in [2.75, 3.05) is 36.8 Å². The van der Waals surface area contributed by atoms with Crippen molar-refractivity contribution >= 4 is 44.4 Å². The summed E-state index contributed by atoms with van der Waals surface area (Å²) in [5.74, 6) is 0. The second kappa shape index (κ2) is 5.72. The molecule has 0 unspecified atom stereocenters. The number of nitrogen functional groups attached to an aromatic ring is 1. The van der Waals surface area contributed by atoms with Crippen molar-refractivity contribution in [1.82, 2.24) is 15.3 Å². The Hall–Kier alpha value is -2.64. The summed E-state index contributed by atoms with van der Waals surface area (Å²) in [6.45, 7) is 4.05. The molecule has 0 atom stereocenters. The van der Waals surface area contributed by atoms with E-state index in [0.29, 0.717) is 5.58 Å². The first-order valence-corrected chi connectivity index (χ1v) is 9.15. The van der Waals surface area contributed by atoms with Crippen molar-refractivity contribution in [2.45, 2.75) is 0 Å². The van der Waals surface area contributed by atoms with E-state index in [9.17, 15) is 0 Å². The lowest BCUT2D eigenvalue weighted by molar-refractivity contribution is 0.589. The van der Waals surface area contributed by atoms with Crippen LogP contribution >= 0.6 is 11.3 Å². The van der Waals surface area contributed by atoms with Gasteiger partial charge in [-0.05, 0) is 23.8 Å². The van der Waals surface area contributed by atoms with Crippen molar-refractivity contribution < 1.29 is 4.42 Å². The minimum absolute atomic E-state index is 0.199. The number of anilines is 2. The Kier molecular flexibility index (Phi) is 3.36. The number of hydrogen-bond donors (Lipinski definition) is 2. The number of thiophene rings is 1. The highest BCUT2D eigenvalue weighted by Crippen LogP contribution is 2.36. The van der Waals surface area contributed by atoms with Crippen LogP contribution in [0, 0.1) is 0 Å². The summed E-state index contributed by atoms with van der Waals surface area (Å²) in [5.41, 5.74) is 10.6. The summed E-state index contributed by atoms with van der Waals surface area (Å²) in [6.07, 6.45) is 1.98. The van der Waals surface area contributed by atoms with Crippen molar-refractivity contribution in [3.63, 3.8) is 0 Å². The molecular weight excluding hydrogens is 334 g/mol. The van der Waals surface area contributed by atoms with Crippen LogP contribution in [0.2, 0.25) is 0 Å². The summed E-state index contributed by atoms with van der Waals surface area (Å²) >= 11 is 1.66. The van der Waals surface area contributed by atoms with Crippen molar-refractivity contribution in [3.05, 3.63) is 35.8 Å². The first-order valence-electron chi connectivity index (χ1n) is 8.27. The van der Waals surface area contributed by atoms with Gasteiger partial charge in [0.25, 0.3) is 6.01 Å². The minimum atomic E-state index is 0.199. The van der Waals surface area contributed by atoms with Gasteiger partial charge < -0.3 is 20.4 Å². The highest BCUT2D eigenvalue weighted by atomic mass is 32.1. The molecule has 0 radical (unpaired) electrons. The number of rotatable bonds is 2. The predicted molar refractivity (Wildman–Crippen MR) is 102 cm³/mol. The van der Waals surface area contributed by atoms with Gasteiger partial charge >= 0.3 is 0 Å². The zero-order valence-electron chi connectivity index (χ0n) is 13.5. The molecule has 0 amide bonds. The maximum Gasteiger partial charge on any atom is 0.292 e. The molecule has 0 saturated carbocycles. The monoisotopic (exact) mass is 351 g/mol. The fourth-order valence-corrected chi connectivity index (χ4v) is 4.24. The van der Waals surface area contributed by atoms with E-state index in [4.69, 9.17) is 10.2 Å². The normalized spacial score (nSPS) is 15.3. The second-order valence-electron chi connectivity index (χ2n) is 6.17. The Morgan fingerprint density at radius 1 is 1.20 bits per heavy atom. The van der Waals surface area contributed by atoms with Crippen LogP contribution < -0.4 is 16.0 Å². The number of nitrogens with two attached hydrogens (primary N) is 1. The molecule has 1 aromatic carbocycles. The number of piperazine rings is 1. The Morgan fingerprint density at radius 3 is 2.96 bits per heavy atom. The molecular formula is C18H17N5OS. The quantitative estimate of drug-likeness (QED) is 0.578. The molecule has 1 aliphatic rings. The summed E-state index contributed by atoms with van der Waals surface area (Å²) in [7, 11) is 0. The third-order valence-corrected chi connectivity index (χ3v) is 5.51. The zero-order chi connectivity index (χ0) is 16.8. The van der Waals surface area contributed by atoms with E-state index in [2.05, 4.69) is 31.6 Å². The van der Waals surface area contributed by atoms with Crippen LogP contribution in [0.4, 0.5) is 11.7 Å². The summed E-state index contributed by atoms with van der Waals surface area (Å²) in [5, 5.41) is 6.72. The van der Waals surface area contributed by atoms with Crippen LogP contribution in [0.25, 0.3) is 32.4 Å². The average Bonchev–Trinajstić information content (AvgIpc) is 3.23. The SMILES string of the molecule is Nc1nc2cc(-c3csc4ncc(N5CCNCC5)cc34)ccc2o1. The van der Waals surface area contributed by atoms with Gasteiger partial charge in [-0.2, -0.15) is 4.98 Å². The Labute approximate surface area is 148 Å². The van der Waals surface area contributed by atoms with Crippen molar-refractivity contribution in [2.24, 2.45) is 0 Å². The summed E-state index contributed by atoms with van der Waals surface area (Å²) < 4.78 is 5.37. The van der Waals surface area contributed by atoms with Gasteiger partial charge in [0.2, 0.25) is 0 Å². The average molecular weight is 351 g/mol. The first kappa shape index (κ1) is 14.7. The summed E-state index contributed by atoms with van der Waals surface area (Å²) in [6, 6.07) is 8.44. The lowest BCUT2D eigenvalue weighted by Gasteiger charge is -2.29. The summed E-state index contributed by atoms with van der Waals surface area (Å²) in [4.78, 5) is 12.3. The Bertz CT molecular complexity index is 1060. The zero-order valence-corrected chi connectivity index (χ0v) is 14.3. The van der Waals surface area contributed by atoms with Crippen LogP contribution in [0.5, 0.6) is 0 Å². The van der Waals surface area contributed by atoms with Gasteiger partial charge in [0.05, 0.1) is 11.9 Å². The number of fused-ring (bicyclic) bond motifs is 2. The lowest BCUT2D eigenvalue weighted by atomic mass is 10.1. The molecule has 0 bridgehead atoms.